The molecular weight excluding hydrogens is 463 g/mol. The van der Waals surface area contributed by atoms with E-state index in [1.54, 1.807) is 0 Å². The van der Waals surface area contributed by atoms with E-state index in [-0.39, 0.29) is 5.56 Å². The number of carboxylic acid groups (broad SMARTS) is 2. The Hall–Kier alpha value is -2.47. The molecule has 18 heteroatoms. The zero-order chi connectivity index (χ0) is 25.0. The number of hydrogen-bond acceptors (Lipinski definition) is 10. The van der Waals surface area contributed by atoms with Gasteiger partial charge in [-0.3, -0.25) is 28.8 Å². The second-order valence-corrected chi connectivity index (χ2v) is 7.82. The topological polar surface area (TPSA) is 286 Å². The number of carboxylic acids is 2. The summed E-state index contributed by atoms with van der Waals surface area (Å²) in [5.74, 6) is -2.88. The smallest absolute Gasteiger partial charge is 0.397 e. The van der Waals surface area contributed by atoms with Gasteiger partial charge in [-0.25, -0.2) is 14.9 Å². The van der Waals surface area contributed by atoms with Crippen LogP contribution in [0, 0.1) is 6.92 Å². The number of rotatable bonds is 7. The number of aliphatic hydroxyl groups is 3. The maximum Gasteiger partial charge on any atom is 0.397 e. The van der Waals surface area contributed by atoms with Gasteiger partial charge in [-0.2, -0.15) is 0 Å². The van der Waals surface area contributed by atoms with Gasteiger partial charge in [0.1, 0.15) is 24.5 Å². The van der Waals surface area contributed by atoms with Crippen LogP contribution in [0.25, 0.3) is 0 Å². The Morgan fingerprint density at radius 3 is 2.12 bits per heavy atom. The van der Waals surface area contributed by atoms with Gasteiger partial charge in [0.2, 0.25) is 0 Å². The summed E-state index contributed by atoms with van der Waals surface area (Å²) in [4.78, 5) is 62.6. The summed E-state index contributed by atoms with van der Waals surface area (Å²) >= 11 is 0. The number of aliphatic carboxylic acids is 2. The molecule has 0 aromatic carbocycles. The zero-order valence-corrected chi connectivity index (χ0v) is 17.3. The molecule has 1 fully saturated rings. The number of nitrogens with zero attached hydrogens (tertiary/aromatic N) is 2. The molecule has 0 spiro atoms. The first-order valence-electron chi connectivity index (χ1n) is 8.56. The number of aliphatic hydroxyl groups excluding tert-OH is 3. The molecule has 2 heterocycles. The molecule has 17 nitrogen and oxygen atoms in total. The number of ether oxygens (including phenoxy) is 1. The van der Waals surface area contributed by atoms with Gasteiger partial charge in [-0.05, 0) is 6.92 Å². The van der Waals surface area contributed by atoms with E-state index in [1.807, 2.05) is 4.98 Å². The first-order chi connectivity index (χ1) is 14.5. The molecule has 0 aliphatic carbocycles. The fraction of sp³-hybridized carbons (Fsp3) is 0.571. The van der Waals surface area contributed by atoms with E-state index in [2.05, 4.69) is 5.50 Å². The third-order valence-corrected chi connectivity index (χ3v) is 4.04. The summed E-state index contributed by atoms with van der Waals surface area (Å²) in [6, 6.07) is 0. The van der Waals surface area contributed by atoms with E-state index >= 15 is 0 Å². The van der Waals surface area contributed by atoms with Crippen molar-refractivity contribution in [3.63, 3.8) is 0 Å². The van der Waals surface area contributed by atoms with E-state index in [1.165, 1.54) is 6.92 Å². The Morgan fingerprint density at radius 1 is 1.22 bits per heavy atom. The van der Waals surface area contributed by atoms with E-state index < -0.39 is 74.8 Å². The molecule has 0 bridgehead atoms. The van der Waals surface area contributed by atoms with E-state index in [0.29, 0.717) is 4.90 Å². The second kappa shape index (κ2) is 10.9. The predicted octanol–water partition coefficient (Wildman–Crippen LogP) is -4.71. The Labute approximate surface area is 178 Å². The normalized spacial score (nSPS) is 24.0. The van der Waals surface area contributed by atoms with Crippen LogP contribution >= 0.6 is 7.75 Å². The van der Waals surface area contributed by atoms with Crippen molar-refractivity contribution < 1.29 is 54.2 Å². The molecule has 1 aromatic rings. The van der Waals surface area contributed by atoms with Crippen molar-refractivity contribution >= 4 is 19.7 Å². The van der Waals surface area contributed by atoms with E-state index in [4.69, 9.17) is 29.3 Å². The van der Waals surface area contributed by atoms with Gasteiger partial charge < -0.3 is 40.1 Å². The average molecular weight is 486 g/mol. The summed E-state index contributed by atoms with van der Waals surface area (Å²) in [6.45, 7) is -0.364. The molecule has 1 saturated heterocycles. The highest BCUT2D eigenvalue weighted by atomic mass is 31.2. The van der Waals surface area contributed by atoms with Gasteiger partial charge in [-0.15, -0.1) is 0 Å². The largest absolute Gasteiger partial charge is 0.480 e. The molecule has 32 heavy (non-hydrogen) atoms. The number of nitrogens with one attached hydrogen (secondary N) is 1. The Bertz CT molecular complexity index is 963. The summed E-state index contributed by atoms with van der Waals surface area (Å²) in [6.07, 6.45) is -7.44. The van der Waals surface area contributed by atoms with Crippen LogP contribution in [0.4, 0.5) is 0 Å². The molecule has 10 N–H and O–H groups in total. The standard InChI is InChI=1S/C14H19N3O10.H4NO3P/c1-5-2-17(14(26)15-11(5)24)13-9(23)8(22)10(27-13)12(25)16(3-6(18)19)4-7(20)21;1-5(2,3)4/h2,8-10,12-13,22-23,25H,3-4H2,1H3,(H,18,19)(H,20,21)(H,15,24,26);(H4,1,2,3,4)/t8-,9+,10-,12?,13+;/m0./s1. The number of nitrogens with two attached hydrogens (primary N) is 1. The van der Waals surface area contributed by atoms with Crippen molar-refractivity contribution in [3.05, 3.63) is 32.6 Å². The van der Waals surface area contributed by atoms with Crippen LogP contribution in [0.3, 0.4) is 0 Å². The van der Waals surface area contributed by atoms with Crippen LogP contribution < -0.4 is 16.8 Å². The number of carbonyl (C=O) groups is 2. The number of aryl methyl sites for hydroxylation is 1. The van der Waals surface area contributed by atoms with Gasteiger partial charge >= 0.3 is 25.4 Å². The molecule has 5 atom stereocenters. The van der Waals surface area contributed by atoms with Crippen molar-refractivity contribution in [1.82, 2.24) is 14.5 Å². The first kappa shape index (κ1) is 27.6. The highest BCUT2D eigenvalue weighted by Crippen LogP contribution is 2.31. The van der Waals surface area contributed by atoms with Crippen LogP contribution in [-0.2, 0) is 18.9 Å². The van der Waals surface area contributed by atoms with Crippen LogP contribution in [0.2, 0.25) is 0 Å². The molecule has 182 valence electrons. The van der Waals surface area contributed by atoms with Crippen molar-refractivity contribution in [1.29, 1.82) is 0 Å². The SMILES string of the molecule is Cc1cn([C@@H]2O[C@H](C(O)N(CC(=O)O)CC(=O)O)[C@@H](O)[C@H]2O)c(=O)[nH]c1=O.NP(=O)(O)O. The fourth-order valence-electron chi connectivity index (χ4n) is 2.74. The molecule has 0 saturated carbocycles. The van der Waals surface area contributed by atoms with Gasteiger partial charge in [-0.1, -0.05) is 0 Å². The third kappa shape index (κ3) is 7.90. The van der Waals surface area contributed by atoms with Crippen molar-refractivity contribution in [2.45, 2.75) is 37.7 Å². The molecule has 1 aliphatic rings. The lowest BCUT2D eigenvalue weighted by Crippen LogP contribution is -2.52. The van der Waals surface area contributed by atoms with Crippen LogP contribution in [0.5, 0.6) is 0 Å². The van der Waals surface area contributed by atoms with Crippen LogP contribution in [0.15, 0.2) is 15.8 Å². The molecule has 0 amide bonds. The van der Waals surface area contributed by atoms with E-state index in [9.17, 15) is 34.5 Å². The highest BCUT2D eigenvalue weighted by Gasteiger charge is 2.49. The number of aromatic amines is 1. The summed E-state index contributed by atoms with van der Waals surface area (Å²) in [7, 11) is -4.14. The Kier molecular flexibility index (Phi) is 9.39. The van der Waals surface area contributed by atoms with Crippen molar-refractivity contribution in [2.24, 2.45) is 5.50 Å². The zero-order valence-electron chi connectivity index (χ0n) is 16.4. The van der Waals surface area contributed by atoms with Gasteiger partial charge in [0.05, 0.1) is 13.1 Å². The lowest BCUT2D eigenvalue weighted by Gasteiger charge is -2.30. The van der Waals surface area contributed by atoms with Crippen molar-refractivity contribution in [2.75, 3.05) is 13.1 Å². The fourth-order valence-corrected chi connectivity index (χ4v) is 2.74. The van der Waals surface area contributed by atoms with Gasteiger partial charge in [0.25, 0.3) is 5.56 Å². The maximum absolute atomic E-state index is 11.9. The summed E-state index contributed by atoms with van der Waals surface area (Å²) < 4.78 is 15.2. The lowest BCUT2D eigenvalue weighted by molar-refractivity contribution is -0.163. The van der Waals surface area contributed by atoms with Gasteiger partial charge in [0, 0.05) is 11.8 Å². The van der Waals surface area contributed by atoms with Gasteiger partial charge in [0.15, 0.2) is 6.23 Å². The minimum Gasteiger partial charge on any atom is -0.480 e. The quantitative estimate of drug-likeness (QED) is 0.129. The molecule has 2 rings (SSSR count). The van der Waals surface area contributed by atoms with Crippen molar-refractivity contribution in [3.8, 4) is 0 Å². The first-order valence-corrected chi connectivity index (χ1v) is 10.2. The average Bonchev–Trinajstić information content (AvgIpc) is 2.90. The monoisotopic (exact) mass is 486 g/mol. The number of H-pyrrole nitrogens is 1. The maximum atomic E-state index is 11.9. The second-order valence-electron chi connectivity index (χ2n) is 6.65. The predicted molar refractivity (Wildman–Crippen MR) is 101 cm³/mol. The molecule has 1 aliphatic heterocycles. The lowest BCUT2D eigenvalue weighted by atomic mass is 10.1. The minimum absolute atomic E-state index is 0.113. The highest BCUT2D eigenvalue weighted by molar-refractivity contribution is 7.49. The minimum atomic E-state index is -4.14. The third-order valence-electron chi connectivity index (χ3n) is 4.04. The molecule has 1 aromatic heterocycles. The summed E-state index contributed by atoms with van der Waals surface area (Å²) in [5, 5.41) is 48.3. The number of aromatic nitrogens is 2. The molecule has 0 radical (unpaired) electrons. The van der Waals surface area contributed by atoms with Crippen LogP contribution in [0.1, 0.15) is 11.8 Å². The van der Waals surface area contributed by atoms with Crippen LogP contribution in [-0.4, -0.2) is 99.3 Å². The molecule has 1 unspecified atom stereocenters. The Balaban J connectivity index is 0.000000920. The van der Waals surface area contributed by atoms with E-state index in [0.717, 1.165) is 10.8 Å². The Morgan fingerprint density at radius 2 is 1.69 bits per heavy atom. The summed E-state index contributed by atoms with van der Waals surface area (Å²) in [5.41, 5.74) is 2.54. The molecular formula is C14H23N4O13P. The number of hydrogen-bond donors (Lipinski definition) is 9.